The van der Waals surface area contributed by atoms with Gasteiger partial charge in [0.2, 0.25) is 0 Å². The number of esters is 1. The molecule has 4 rings (SSSR count). The van der Waals surface area contributed by atoms with Crippen LogP contribution in [0.4, 0.5) is 4.39 Å². The Hall–Kier alpha value is -4.50. The molecule has 5 nitrogen and oxygen atoms in total. The molecule has 2 aromatic carbocycles. The summed E-state index contributed by atoms with van der Waals surface area (Å²) in [5, 5.41) is 0. The molecule has 0 fully saturated rings. The highest BCUT2D eigenvalue weighted by atomic mass is 19.1. The third kappa shape index (κ3) is 4.94. The molecule has 0 saturated carbocycles. The van der Waals surface area contributed by atoms with Gasteiger partial charge in [-0.25, -0.2) is 14.2 Å². The quantitative estimate of drug-likeness (QED) is 0.294. The van der Waals surface area contributed by atoms with E-state index in [1.54, 1.807) is 37.5 Å². The van der Waals surface area contributed by atoms with Crippen LogP contribution in [0.1, 0.15) is 28.4 Å². The molecule has 0 aliphatic rings. The minimum atomic E-state index is -0.570. The van der Waals surface area contributed by atoms with Crippen LogP contribution in [0.25, 0.3) is 22.5 Å². The van der Waals surface area contributed by atoms with Crippen molar-refractivity contribution in [1.29, 1.82) is 0 Å². The van der Waals surface area contributed by atoms with Crippen molar-refractivity contribution in [2.24, 2.45) is 0 Å². The molecule has 0 saturated heterocycles. The number of aromatic nitrogens is 2. The number of nitrogens with zero attached hydrogens (tertiary/aromatic N) is 2. The highest BCUT2D eigenvalue weighted by Gasteiger charge is 2.22. The monoisotopic (exact) mass is 452 g/mol. The Balaban J connectivity index is 1.80. The number of rotatable bonds is 5. The molecule has 0 N–H and O–H groups in total. The SMILES string of the molecule is CCOC(=O)c1cc(-c2ccccc2F)nc(-c2ccc(C#Cc3cccnc3)cc2)c1OC. The first kappa shape index (κ1) is 22.7. The normalized spacial score (nSPS) is 10.2. The Morgan fingerprint density at radius 2 is 1.76 bits per heavy atom. The predicted molar refractivity (Wildman–Crippen MR) is 128 cm³/mol. The number of hydrogen-bond donors (Lipinski definition) is 0. The van der Waals surface area contributed by atoms with E-state index in [2.05, 4.69) is 21.8 Å². The van der Waals surface area contributed by atoms with Crippen LogP contribution in [0, 0.1) is 17.7 Å². The minimum Gasteiger partial charge on any atom is -0.494 e. The molecule has 0 bridgehead atoms. The minimum absolute atomic E-state index is 0.174. The zero-order chi connectivity index (χ0) is 23.9. The fourth-order valence-electron chi connectivity index (χ4n) is 3.40. The second-order valence-corrected chi connectivity index (χ2v) is 7.21. The van der Waals surface area contributed by atoms with Crippen LogP contribution in [0.5, 0.6) is 5.75 Å². The first-order valence-electron chi connectivity index (χ1n) is 10.6. The third-order valence-electron chi connectivity index (χ3n) is 4.99. The highest BCUT2D eigenvalue weighted by Crippen LogP contribution is 2.36. The van der Waals surface area contributed by atoms with Crippen LogP contribution < -0.4 is 4.74 Å². The lowest BCUT2D eigenvalue weighted by molar-refractivity contribution is 0.0522. The fraction of sp³-hybridized carbons (Fsp3) is 0.107. The second kappa shape index (κ2) is 10.4. The van der Waals surface area contributed by atoms with Crippen molar-refractivity contribution in [3.63, 3.8) is 0 Å². The maximum absolute atomic E-state index is 14.5. The number of halogens is 1. The lowest BCUT2D eigenvalue weighted by Crippen LogP contribution is -2.09. The highest BCUT2D eigenvalue weighted by molar-refractivity contribution is 5.96. The number of pyridine rings is 2. The van der Waals surface area contributed by atoms with Crippen LogP contribution in [-0.2, 0) is 4.74 Å². The average Bonchev–Trinajstić information content (AvgIpc) is 2.88. The van der Waals surface area contributed by atoms with Gasteiger partial charge in [-0.3, -0.25) is 4.98 Å². The van der Waals surface area contributed by atoms with E-state index in [9.17, 15) is 9.18 Å². The van der Waals surface area contributed by atoms with E-state index < -0.39 is 11.8 Å². The molecule has 4 aromatic rings. The zero-order valence-corrected chi connectivity index (χ0v) is 18.7. The van der Waals surface area contributed by atoms with E-state index in [0.717, 1.165) is 11.1 Å². The first-order chi connectivity index (χ1) is 16.6. The Bertz CT molecular complexity index is 1370. The molecule has 0 amide bonds. The Labute approximate surface area is 197 Å². The van der Waals surface area contributed by atoms with E-state index in [-0.39, 0.29) is 23.5 Å². The molecule has 0 atom stereocenters. The predicted octanol–water partition coefficient (Wildman–Crippen LogP) is 5.53. The zero-order valence-electron chi connectivity index (χ0n) is 18.7. The van der Waals surface area contributed by atoms with Gasteiger partial charge in [0.05, 0.1) is 19.4 Å². The van der Waals surface area contributed by atoms with Crippen molar-refractivity contribution in [2.45, 2.75) is 6.92 Å². The van der Waals surface area contributed by atoms with Gasteiger partial charge in [0, 0.05) is 34.6 Å². The molecule has 0 unspecified atom stereocenters. The van der Waals surface area contributed by atoms with Crippen molar-refractivity contribution in [3.05, 3.63) is 102 Å². The summed E-state index contributed by atoms with van der Waals surface area (Å²) >= 11 is 0. The first-order valence-corrected chi connectivity index (χ1v) is 10.6. The van der Waals surface area contributed by atoms with Crippen LogP contribution in [0.3, 0.4) is 0 Å². The molecule has 0 aliphatic carbocycles. The summed E-state index contributed by atoms with van der Waals surface area (Å²) in [6, 6.07) is 18.8. The summed E-state index contributed by atoms with van der Waals surface area (Å²) < 4.78 is 25.3. The van der Waals surface area contributed by atoms with Gasteiger partial charge in [0.25, 0.3) is 0 Å². The fourth-order valence-corrected chi connectivity index (χ4v) is 3.40. The molecule has 0 radical (unpaired) electrons. The van der Waals surface area contributed by atoms with Gasteiger partial charge < -0.3 is 9.47 Å². The number of benzene rings is 2. The maximum Gasteiger partial charge on any atom is 0.342 e. The molecule has 2 aromatic heterocycles. The maximum atomic E-state index is 14.5. The topological polar surface area (TPSA) is 61.3 Å². The molecule has 34 heavy (non-hydrogen) atoms. The summed E-state index contributed by atoms with van der Waals surface area (Å²) in [7, 11) is 1.46. The van der Waals surface area contributed by atoms with Crippen molar-refractivity contribution in [2.75, 3.05) is 13.7 Å². The summed E-state index contributed by atoms with van der Waals surface area (Å²) in [4.78, 5) is 21.4. The molecular weight excluding hydrogens is 431 g/mol. The van der Waals surface area contributed by atoms with Gasteiger partial charge in [-0.1, -0.05) is 36.1 Å². The Morgan fingerprint density at radius 3 is 2.44 bits per heavy atom. The number of carbonyl (C=O) groups is 1. The van der Waals surface area contributed by atoms with Crippen molar-refractivity contribution in [1.82, 2.24) is 9.97 Å². The molecule has 168 valence electrons. The smallest absolute Gasteiger partial charge is 0.342 e. The molecule has 6 heteroatoms. The standard InChI is InChI=1S/C28H21FN2O3/c1-3-34-28(32)23-17-25(22-8-4-5-9-24(22)29)31-26(27(23)33-2)21-14-12-19(13-15-21)10-11-20-7-6-16-30-18-20/h4-9,12-18H,3H2,1-2H3. The van der Waals surface area contributed by atoms with Crippen molar-refractivity contribution >= 4 is 5.97 Å². The van der Waals surface area contributed by atoms with E-state index in [4.69, 9.17) is 9.47 Å². The van der Waals surface area contributed by atoms with Gasteiger partial charge in [0.15, 0.2) is 5.75 Å². The van der Waals surface area contributed by atoms with Crippen LogP contribution in [0.2, 0.25) is 0 Å². The van der Waals surface area contributed by atoms with E-state index in [1.807, 2.05) is 36.4 Å². The lowest BCUT2D eigenvalue weighted by atomic mass is 10.0. The Kier molecular flexibility index (Phi) is 6.95. The molecule has 0 aliphatic heterocycles. The second-order valence-electron chi connectivity index (χ2n) is 7.21. The largest absolute Gasteiger partial charge is 0.494 e. The number of carbonyl (C=O) groups excluding carboxylic acids is 1. The van der Waals surface area contributed by atoms with E-state index in [1.165, 1.54) is 19.2 Å². The Morgan fingerprint density at radius 1 is 1.00 bits per heavy atom. The summed E-state index contributed by atoms with van der Waals surface area (Å²) in [5.41, 5.74) is 3.45. The van der Waals surface area contributed by atoms with E-state index in [0.29, 0.717) is 17.0 Å². The van der Waals surface area contributed by atoms with Gasteiger partial charge in [-0.15, -0.1) is 0 Å². The van der Waals surface area contributed by atoms with Gasteiger partial charge >= 0.3 is 5.97 Å². The number of methoxy groups -OCH3 is 1. The van der Waals surface area contributed by atoms with Gasteiger partial charge in [-0.05, 0) is 49.4 Å². The summed E-state index contributed by atoms with van der Waals surface area (Å²) in [6.45, 7) is 1.91. The van der Waals surface area contributed by atoms with Crippen molar-refractivity contribution < 1.29 is 18.7 Å². The molecule has 2 heterocycles. The number of ether oxygens (including phenoxy) is 2. The summed E-state index contributed by atoms with van der Waals surface area (Å²) in [6.07, 6.45) is 3.39. The van der Waals surface area contributed by atoms with Gasteiger partial charge in [0.1, 0.15) is 17.1 Å². The van der Waals surface area contributed by atoms with Gasteiger partial charge in [-0.2, -0.15) is 0 Å². The van der Waals surface area contributed by atoms with Crippen LogP contribution in [0.15, 0.2) is 79.1 Å². The van der Waals surface area contributed by atoms with Crippen LogP contribution >= 0.6 is 0 Å². The van der Waals surface area contributed by atoms with Crippen molar-refractivity contribution in [3.8, 4) is 40.1 Å². The van der Waals surface area contributed by atoms with Crippen LogP contribution in [-0.4, -0.2) is 29.7 Å². The van der Waals surface area contributed by atoms with E-state index >= 15 is 0 Å². The molecular formula is C28H21FN2O3. The number of hydrogen-bond acceptors (Lipinski definition) is 5. The summed E-state index contributed by atoms with van der Waals surface area (Å²) in [5.74, 6) is 5.40. The average molecular weight is 452 g/mol. The third-order valence-corrected chi connectivity index (χ3v) is 4.99. The lowest BCUT2D eigenvalue weighted by Gasteiger charge is -2.15. The molecule has 0 spiro atoms.